The average Bonchev–Trinajstić information content (AvgIpc) is 2.44. The van der Waals surface area contributed by atoms with Gasteiger partial charge in [0.05, 0.1) is 0 Å². The van der Waals surface area contributed by atoms with Gasteiger partial charge in [0.25, 0.3) is 6.43 Å². The Bertz CT molecular complexity index is 549. The van der Waals surface area contributed by atoms with E-state index in [2.05, 4.69) is 4.74 Å². The second kappa shape index (κ2) is 6.43. The number of ketones is 1. The third kappa shape index (κ3) is 4.08. The van der Waals surface area contributed by atoms with Crippen molar-refractivity contribution in [1.82, 2.24) is 0 Å². The van der Waals surface area contributed by atoms with E-state index in [1.54, 1.807) is 0 Å². The summed E-state index contributed by atoms with van der Waals surface area (Å²) in [5.41, 5.74) is -1.89. The van der Waals surface area contributed by atoms with Crippen LogP contribution in [0.4, 0.5) is 8.78 Å². The summed E-state index contributed by atoms with van der Waals surface area (Å²) in [6.45, 7) is 1.66. The van der Waals surface area contributed by atoms with Crippen molar-refractivity contribution in [3.8, 4) is 0 Å². The minimum Gasteiger partial charge on any atom is -0.480 e. The molecule has 0 atom stereocenters. The van der Waals surface area contributed by atoms with Gasteiger partial charge in [0.15, 0.2) is 17.8 Å². The van der Waals surface area contributed by atoms with Crippen LogP contribution in [0.15, 0.2) is 24.3 Å². The Hall–Kier alpha value is -2.31. The van der Waals surface area contributed by atoms with E-state index in [1.807, 2.05) is 0 Å². The highest BCUT2D eigenvalue weighted by Gasteiger charge is 2.38. The van der Waals surface area contributed by atoms with Crippen LogP contribution in [-0.4, -0.2) is 29.4 Å². The third-order valence-electron chi connectivity index (χ3n) is 2.86. The number of alkyl halides is 2. The number of esters is 1. The molecule has 1 N–H and O–H groups in total. The molecule has 0 heterocycles. The summed E-state index contributed by atoms with van der Waals surface area (Å²) < 4.78 is 29.3. The van der Waals surface area contributed by atoms with Gasteiger partial charge in [-0.25, -0.2) is 8.78 Å². The van der Waals surface area contributed by atoms with Gasteiger partial charge >= 0.3 is 11.9 Å². The van der Waals surface area contributed by atoms with Gasteiger partial charge in [0.2, 0.25) is 0 Å². The standard InChI is InChI=1S/C14H14F2O5/c1-14(2,12(18)19)13(20)21-7-10(17)8-3-5-9(6-4-8)11(15)16/h3-6,11H,7H2,1-2H3,(H,18,19). The minimum atomic E-state index is -2.64. The van der Waals surface area contributed by atoms with Crippen LogP contribution in [0, 0.1) is 5.41 Å². The molecule has 1 aromatic carbocycles. The number of ether oxygens (including phenoxy) is 1. The lowest BCUT2D eigenvalue weighted by atomic mass is 9.94. The second-order valence-corrected chi connectivity index (χ2v) is 4.85. The lowest BCUT2D eigenvalue weighted by Gasteiger charge is -2.16. The first kappa shape index (κ1) is 16.7. The Morgan fingerprint density at radius 2 is 1.71 bits per heavy atom. The quantitative estimate of drug-likeness (QED) is 0.496. The van der Waals surface area contributed by atoms with Crippen LogP contribution in [0.25, 0.3) is 0 Å². The highest BCUT2D eigenvalue weighted by atomic mass is 19.3. The highest BCUT2D eigenvalue weighted by Crippen LogP contribution is 2.20. The van der Waals surface area contributed by atoms with Crippen LogP contribution in [0.5, 0.6) is 0 Å². The first-order valence-electron chi connectivity index (χ1n) is 5.98. The number of carboxylic acids is 1. The zero-order valence-electron chi connectivity index (χ0n) is 11.4. The molecule has 0 bridgehead atoms. The monoisotopic (exact) mass is 300 g/mol. The van der Waals surface area contributed by atoms with E-state index in [9.17, 15) is 23.2 Å². The van der Waals surface area contributed by atoms with Gasteiger partial charge in [-0.3, -0.25) is 14.4 Å². The molecule has 1 rings (SSSR count). The molecule has 0 amide bonds. The number of carbonyl (C=O) groups excluding carboxylic acids is 2. The number of benzene rings is 1. The predicted octanol–water partition coefficient (Wildman–Crippen LogP) is 2.46. The van der Waals surface area contributed by atoms with Crippen LogP contribution in [0.2, 0.25) is 0 Å². The Morgan fingerprint density at radius 3 is 2.14 bits per heavy atom. The van der Waals surface area contributed by atoms with Crippen LogP contribution in [-0.2, 0) is 14.3 Å². The van der Waals surface area contributed by atoms with Crippen molar-refractivity contribution in [2.45, 2.75) is 20.3 Å². The molecule has 0 fully saturated rings. The lowest BCUT2D eigenvalue weighted by Crippen LogP contribution is -2.35. The van der Waals surface area contributed by atoms with Crippen molar-refractivity contribution in [2.75, 3.05) is 6.61 Å². The number of carbonyl (C=O) groups is 3. The summed E-state index contributed by atoms with van der Waals surface area (Å²) >= 11 is 0. The normalized spacial score (nSPS) is 11.3. The highest BCUT2D eigenvalue weighted by molar-refractivity contribution is 6.01. The number of Topliss-reactive ketones (excluding diaryl/α,β-unsaturated/α-hetero) is 1. The fraction of sp³-hybridized carbons (Fsp3) is 0.357. The molecule has 0 saturated heterocycles. The van der Waals surface area contributed by atoms with Crippen molar-refractivity contribution >= 4 is 17.7 Å². The number of hydrogen-bond donors (Lipinski definition) is 1. The zero-order valence-corrected chi connectivity index (χ0v) is 11.4. The van der Waals surface area contributed by atoms with Gasteiger partial charge in [-0.1, -0.05) is 24.3 Å². The number of aliphatic carboxylic acids is 1. The fourth-order valence-corrected chi connectivity index (χ4v) is 1.30. The van der Waals surface area contributed by atoms with Crippen molar-refractivity contribution in [1.29, 1.82) is 0 Å². The fourth-order valence-electron chi connectivity index (χ4n) is 1.30. The van der Waals surface area contributed by atoms with Gasteiger partial charge in [-0.15, -0.1) is 0 Å². The summed E-state index contributed by atoms with van der Waals surface area (Å²) in [6, 6.07) is 4.59. The van der Waals surface area contributed by atoms with Crippen molar-refractivity contribution in [2.24, 2.45) is 5.41 Å². The number of rotatable bonds is 6. The van der Waals surface area contributed by atoms with Crippen LogP contribution < -0.4 is 0 Å². The molecule has 0 aliphatic carbocycles. The summed E-state index contributed by atoms with van der Waals surface area (Å²) in [7, 11) is 0. The molecule has 21 heavy (non-hydrogen) atoms. The minimum absolute atomic E-state index is 0.0975. The van der Waals surface area contributed by atoms with E-state index >= 15 is 0 Å². The molecule has 7 heteroatoms. The molecule has 0 aliphatic rings. The van der Waals surface area contributed by atoms with E-state index in [-0.39, 0.29) is 11.1 Å². The van der Waals surface area contributed by atoms with E-state index in [0.717, 1.165) is 26.0 Å². The smallest absolute Gasteiger partial charge is 0.323 e. The summed E-state index contributed by atoms with van der Waals surface area (Å²) in [5.74, 6) is -3.03. The molecule has 0 spiro atoms. The van der Waals surface area contributed by atoms with Gasteiger partial charge in [-0.2, -0.15) is 0 Å². The molecular formula is C14H14F2O5. The Labute approximate surface area is 119 Å². The maximum absolute atomic E-state index is 12.4. The van der Waals surface area contributed by atoms with Gasteiger partial charge < -0.3 is 9.84 Å². The molecule has 1 aromatic rings. The van der Waals surface area contributed by atoms with Crippen LogP contribution in [0.1, 0.15) is 36.2 Å². The van der Waals surface area contributed by atoms with E-state index in [1.165, 1.54) is 12.1 Å². The number of halogens is 2. The third-order valence-corrected chi connectivity index (χ3v) is 2.86. The number of carboxylic acid groups (broad SMARTS) is 1. The second-order valence-electron chi connectivity index (χ2n) is 4.85. The van der Waals surface area contributed by atoms with Crippen LogP contribution in [0.3, 0.4) is 0 Å². The van der Waals surface area contributed by atoms with Crippen molar-refractivity contribution < 1.29 is 33.0 Å². The molecule has 0 aliphatic heterocycles. The predicted molar refractivity (Wildman–Crippen MR) is 68.1 cm³/mol. The SMILES string of the molecule is CC(C)(C(=O)O)C(=O)OCC(=O)c1ccc(C(F)F)cc1. The van der Waals surface area contributed by atoms with E-state index < -0.39 is 36.2 Å². The largest absolute Gasteiger partial charge is 0.480 e. The number of hydrogen-bond acceptors (Lipinski definition) is 4. The van der Waals surface area contributed by atoms with Crippen molar-refractivity contribution in [3.63, 3.8) is 0 Å². The van der Waals surface area contributed by atoms with Crippen molar-refractivity contribution in [3.05, 3.63) is 35.4 Å². The van der Waals surface area contributed by atoms with Gasteiger partial charge in [0, 0.05) is 11.1 Å². The Kier molecular flexibility index (Phi) is 5.12. The molecule has 114 valence electrons. The molecule has 5 nitrogen and oxygen atoms in total. The zero-order chi connectivity index (χ0) is 16.2. The van der Waals surface area contributed by atoms with E-state index in [0.29, 0.717) is 0 Å². The Balaban J connectivity index is 2.66. The summed E-state index contributed by atoms with van der Waals surface area (Å²) in [6.07, 6.45) is -2.64. The van der Waals surface area contributed by atoms with Gasteiger partial charge in [-0.05, 0) is 13.8 Å². The molecule has 0 radical (unpaired) electrons. The van der Waals surface area contributed by atoms with Crippen LogP contribution >= 0.6 is 0 Å². The average molecular weight is 300 g/mol. The maximum Gasteiger partial charge on any atom is 0.323 e. The first-order chi connectivity index (χ1) is 9.66. The summed E-state index contributed by atoms with van der Waals surface area (Å²) in [5, 5.41) is 8.82. The maximum atomic E-state index is 12.4. The Morgan fingerprint density at radius 1 is 1.19 bits per heavy atom. The molecule has 0 aromatic heterocycles. The van der Waals surface area contributed by atoms with E-state index in [4.69, 9.17) is 5.11 Å². The summed E-state index contributed by atoms with van der Waals surface area (Å²) in [4.78, 5) is 34.1. The molecule has 0 unspecified atom stereocenters. The topological polar surface area (TPSA) is 80.7 Å². The molecule has 0 saturated carbocycles. The molecular weight excluding hydrogens is 286 g/mol. The lowest BCUT2D eigenvalue weighted by molar-refractivity contribution is -0.165. The first-order valence-corrected chi connectivity index (χ1v) is 5.98. The van der Waals surface area contributed by atoms with Gasteiger partial charge in [0.1, 0.15) is 0 Å².